The first-order chi connectivity index (χ1) is 7.11. The minimum absolute atomic E-state index is 0.179. The van der Waals surface area contributed by atoms with Gasteiger partial charge in [0.1, 0.15) is 0 Å². The van der Waals surface area contributed by atoms with Gasteiger partial charge in [0.05, 0.1) is 11.1 Å². The van der Waals surface area contributed by atoms with E-state index >= 15 is 0 Å². The number of aromatic amines is 1. The van der Waals surface area contributed by atoms with Gasteiger partial charge in [-0.2, -0.15) is 0 Å². The SMILES string of the molecule is O=C(O)c1ccc2[nH]ccc2c1C(=O)O. The van der Waals surface area contributed by atoms with E-state index in [1.165, 1.54) is 6.07 Å². The molecule has 0 saturated heterocycles. The summed E-state index contributed by atoms with van der Waals surface area (Å²) < 4.78 is 0. The van der Waals surface area contributed by atoms with E-state index in [9.17, 15) is 9.59 Å². The van der Waals surface area contributed by atoms with Crippen LogP contribution in [0.3, 0.4) is 0 Å². The van der Waals surface area contributed by atoms with Gasteiger partial charge >= 0.3 is 11.9 Å². The number of aromatic nitrogens is 1. The van der Waals surface area contributed by atoms with E-state index < -0.39 is 11.9 Å². The summed E-state index contributed by atoms with van der Waals surface area (Å²) in [6.45, 7) is 0. The monoisotopic (exact) mass is 205 g/mol. The molecule has 0 atom stereocenters. The molecular weight excluding hydrogens is 198 g/mol. The number of rotatable bonds is 2. The molecule has 0 unspecified atom stereocenters. The Morgan fingerprint density at radius 1 is 1.07 bits per heavy atom. The van der Waals surface area contributed by atoms with Crippen LogP contribution < -0.4 is 0 Å². The molecule has 2 rings (SSSR count). The van der Waals surface area contributed by atoms with E-state index in [0.717, 1.165) is 0 Å². The van der Waals surface area contributed by atoms with Gasteiger partial charge in [-0.1, -0.05) is 0 Å². The molecular formula is C10H7NO4. The summed E-state index contributed by atoms with van der Waals surface area (Å²) in [5, 5.41) is 18.2. The zero-order chi connectivity index (χ0) is 11.0. The Hall–Kier alpha value is -2.30. The molecule has 0 spiro atoms. The lowest BCUT2D eigenvalue weighted by atomic mass is 10.0. The average Bonchev–Trinajstić information content (AvgIpc) is 2.62. The van der Waals surface area contributed by atoms with Gasteiger partial charge in [-0.3, -0.25) is 0 Å². The van der Waals surface area contributed by atoms with Crippen molar-refractivity contribution in [3.63, 3.8) is 0 Å². The second kappa shape index (κ2) is 3.13. The number of hydrogen-bond acceptors (Lipinski definition) is 2. The predicted molar refractivity (Wildman–Crippen MR) is 52.2 cm³/mol. The van der Waals surface area contributed by atoms with Crippen molar-refractivity contribution >= 4 is 22.8 Å². The number of fused-ring (bicyclic) bond motifs is 1. The highest BCUT2D eigenvalue weighted by Crippen LogP contribution is 2.21. The molecule has 0 amide bonds. The maximum absolute atomic E-state index is 11.0. The second-order valence-corrected chi connectivity index (χ2v) is 3.04. The van der Waals surface area contributed by atoms with E-state index in [1.807, 2.05) is 0 Å². The molecule has 0 bridgehead atoms. The molecule has 1 heterocycles. The summed E-state index contributed by atoms with van der Waals surface area (Å²) in [4.78, 5) is 24.6. The van der Waals surface area contributed by atoms with Crippen molar-refractivity contribution in [2.75, 3.05) is 0 Å². The highest BCUT2D eigenvalue weighted by atomic mass is 16.4. The molecule has 0 saturated carbocycles. The number of carbonyl (C=O) groups is 2. The Bertz CT molecular complexity index is 556. The molecule has 5 heteroatoms. The Kier molecular flexibility index (Phi) is 1.93. The van der Waals surface area contributed by atoms with Crippen LogP contribution in [0.2, 0.25) is 0 Å². The zero-order valence-corrected chi connectivity index (χ0v) is 7.52. The minimum atomic E-state index is -1.24. The molecule has 76 valence electrons. The maximum Gasteiger partial charge on any atom is 0.337 e. The van der Waals surface area contributed by atoms with Crippen molar-refractivity contribution in [1.29, 1.82) is 0 Å². The average molecular weight is 205 g/mol. The number of benzene rings is 1. The first kappa shape index (κ1) is 9.26. The summed E-state index contributed by atoms with van der Waals surface area (Å²) in [7, 11) is 0. The first-order valence-electron chi connectivity index (χ1n) is 4.18. The molecule has 0 aliphatic heterocycles. The van der Waals surface area contributed by atoms with Crippen LogP contribution in [-0.2, 0) is 0 Å². The molecule has 0 fully saturated rings. The van der Waals surface area contributed by atoms with Crippen LogP contribution in [0.15, 0.2) is 24.4 Å². The number of nitrogens with one attached hydrogen (secondary N) is 1. The Labute approximate surface area is 84.0 Å². The van der Waals surface area contributed by atoms with Crippen molar-refractivity contribution in [1.82, 2.24) is 4.98 Å². The third-order valence-corrected chi connectivity index (χ3v) is 2.18. The molecule has 3 N–H and O–H groups in total. The van der Waals surface area contributed by atoms with Gasteiger partial charge in [-0.05, 0) is 18.2 Å². The Morgan fingerprint density at radius 3 is 2.40 bits per heavy atom. The second-order valence-electron chi connectivity index (χ2n) is 3.04. The summed E-state index contributed by atoms with van der Waals surface area (Å²) >= 11 is 0. The molecule has 5 nitrogen and oxygen atoms in total. The lowest BCUT2D eigenvalue weighted by Gasteiger charge is -2.02. The van der Waals surface area contributed by atoms with Gasteiger partial charge in [-0.15, -0.1) is 0 Å². The number of hydrogen-bond donors (Lipinski definition) is 3. The molecule has 1 aromatic heterocycles. The molecule has 0 aliphatic rings. The van der Waals surface area contributed by atoms with Crippen LogP contribution >= 0.6 is 0 Å². The van der Waals surface area contributed by atoms with E-state index in [0.29, 0.717) is 10.9 Å². The van der Waals surface area contributed by atoms with Gasteiger partial charge in [0.25, 0.3) is 0 Å². The van der Waals surface area contributed by atoms with E-state index in [1.54, 1.807) is 18.3 Å². The summed E-state index contributed by atoms with van der Waals surface area (Å²) in [6.07, 6.45) is 1.57. The van der Waals surface area contributed by atoms with E-state index in [4.69, 9.17) is 10.2 Å². The first-order valence-corrected chi connectivity index (χ1v) is 4.18. The fourth-order valence-electron chi connectivity index (χ4n) is 1.54. The summed E-state index contributed by atoms with van der Waals surface area (Å²) in [6, 6.07) is 4.38. The van der Waals surface area contributed by atoms with E-state index in [-0.39, 0.29) is 11.1 Å². The van der Waals surface area contributed by atoms with Crippen molar-refractivity contribution in [2.24, 2.45) is 0 Å². The minimum Gasteiger partial charge on any atom is -0.478 e. The van der Waals surface area contributed by atoms with Crippen LogP contribution in [0.25, 0.3) is 10.9 Å². The topological polar surface area (TPSA) is 90.4 Å². The normalized spacial score (nSPS) is 10.4. The number of H-pyrrole nitrogens is 1. The maximum atomic E-state index is 11.0. The fourth-order valence-corrected chi connectivity index (χ4v) is 1.54. The highest BCUT2D eigenvalue weighted by molar-refractivity contribution is 6.11. The quantitative estimate of drug-likeness (QED) is 0.693. The smallest absolute Gasteiger partial charge is 0.337 e. The van der Waals surface area contributed by atoms with Crippen LogP contribution in [0.4, 0.5) is 0 Å². The third-order valence-electron chi connectivity index (χ3n) is 2.18. The van der Waals surface area contributed by atoms with Gasteiger partial charge in [0.2, 0.25) is 0 Å². The number of aromatic carboxylic acids is 2. The lowest BCUT2D eigenvalue weighted by molar-refractivity contribution is 0.0653. The van der Waals surface area contributed by atoms with Crippen LogP contribution in [0.1, 0.15) is 20.7 Å². The van der Waals surface area contributed by atoms with Gasteiger partial charge < -0.3 is 15.2 Å². The molecule has 0 aliphatic carbocycles. The van der Waals surface area contributed by atoms with Gasteiger partial charge in [0.15, 0.2) is 0 Å². The zero-order valence-electron chi connectivity index (χ0n) is 7.52. The third kappa shape index (κ3) is 1.34. The molecule has 2 aromatic rings. The molecule has 1 aromatic carbocycles. The predicted octanol–water partition coefficient (Wildman–Crippen LogP) is 1.56. The fraction of sp³-hybridized carbons (Fsp3) is 0. The van der Waals surface area contributed by atoms with Gasteiger partial charge in [0, 0.05) is 17.1 Å². The van der Waals surface area contributed by atoms with Gasteiger partial charge in [-0.25, -0.2) is 9.59 Å². The lowest BCUT2D eigenvalue weighted by Crippen LogP contribution is -2.08. The van der Waals surface area contributed by atoms with Crippen molar-refractivity contribution < 1.29 is 19.8 Å². The van der Waals surface area contributed by atoms with Crippen LogP contribution in [0.5, 0.6) is 0 Å². The van der Waals surface area contributed by atoms with Crippen molar-refractivity contribution in [2.45, 2.75) is 0 Å². The van der Waals surface area contributed by atoms with Crippen LogP contribution in [-0.4, -0.2) is 27.1 Å². The Balaban J connectivity index is 2.87. The summed E-state index contributed by atoms with van der Waals surface area (Å²) in [5.74, 6) is -2.48. The van der Waals surface area contributed by atoms with Crippen molar-refractivity contribution in [3.05, 3.63) is 35.5 Å². The summed E-state index contributed by atoms with van der Waals surface area (Å²) in [5.41, 5.74) is 0.230. The van der Waals surface area contributed by atoms with Crippen LogP contribution in [0, 0.1) is 0 Å². The standard InChI is InChI=1S/C10H7NO4/c12-9(13)6-1-2-7-5(3-4-11-7)8(6)10(14)15/h1-4,11H,(H,12,13)(H,14,15). The van der Waals surface area contributed by atoms with Crippen molar-refractivity contribution in [3.8, 4) is 0 Å². The largest absolute Gasteiger partial charge is 0.478 e. The highest BCUT2D eigenvalue weighted by Gasteiger charge is 2.19. The Morgan fingerprint density at radius 2 is 1.80 bits per heavy atom. The number of carboxylic acid groups (broad SMARTS) is 2. The molecule has 0 radical (unpaired) electrons. The number of carboxylic acids is 2. The molecule has 15 heavy (non-hydrogen) atoms. The van der Waals surface area contributed by atoms with E-state index in [2.05, 4.69) is 4.98 Å².